The highest BCUT2D eigenvalue weighted by Crippen LogP contribution is 2.26. The first kappa shape index (κ1) is 20.6. The van der Waals surface area contributed by atoms with E-state index in [9.17, 15) is 23.2 Å². The zero-order valence-corrected chi connectivity index (χ0v) is 17.3. The van der Waals surface area contributed by atoms with Gasteiger partial charge in [0.25, 0.3) is 5.56 Å². The van der Waals surface area contributed by atoms with Crippen molar-refractivity contribution in [2.45, 2.75) is 6.42 Å². The second-order valence-corrected chi connectivity index (χ2v) is 7.77. The Hall–Kier alpha value is -3.66. The van der Waals surface area contributed by atoms with Crippen LogP contribution in [-0.2, 0) is 25.3 Å². The highest BCUT2D eigenvalue weighted by Gasteiger charge is 2.16. The largest absolute Gasteiger partial charge is 0.330 e. The van der Waals surface area contributed by atoms with Crippen LogP contribution in [0.2, 0.25) is 0 Å². The van der Waals surface area contributed by atoms with Gasteiger partial charge in [-0.1, -0.05) is 12.1 Å². The zero-order valence-electron chi connectivity index (χ0n) is 16.5. The van der Waals surface area contributed by atoms with Gasteiger partial charge in [-0.2, -0.15) is 0 Å². The molecule has 0 saturated carbocycles. The third-order valence-electron chi connectivity index (χ3n) is 4.90. The number of amides is 1. The van der Waals surface area contributed by atoms with Crippen molar-refractivity contribution in [3.63, 3.8) is 0 Å². The molecule has 0 radical (unpaired) electrons. The zero-order chi connectivity index (χ0) is 22.3. The number of nitrogens with one attached hydrogen (secondary N) is 1. The van der Waals surface area contributed by atoms with E-state index < -0.39 is 28.8 Å². The van der Waals surface area contributed by atoms with E-state index in [2.05, 4.69) is 10.3 Å². The summed E-state index contributed by atoms with van der Waals surface area (Å²) in [5.74, 6) is -2.34. The Balaban J connectivity index is 1.60. The van der Waals surface area contributed by atoms with Crippen LogP contribution in [0.5, 0.6) is 0 Å². The van der Waals surface area contributed by atoms with E-state index in [-0.39, 0.29) is 11.6 Å². The number of hydrogen-bond acceptors (Lipinski definition) is 5. The third-order valence-corrected chi connectivity index (χ3v) is 5.66. The maximum atomic E-state index is 13.4. The van der Waals surface area contributed by atoms with Crippen LogP contribution in [0.4, 0.5) is 13.9 Å². The molecule has 4 rings (SSSR count). The smallest absolute Gasteiger partial charge is 0.302 e. The molecule has 0 spiro atoms. The van der Waals surface area contributed by atoms with E-state index in [1.807, 2.05) is 0 Å². The van der Waals surface area contributed by atoms with Gasteiger partial charge in [0.1, 0.15) is 0 Å². The minimum absolute atomic E-state index is 0.106. The van der Waals surface area contributed by atoms with Gasteiger partial charge >= 0.3 is 5.69 Å². The van der Waals surface area contributed by atoms with Gasteiger partial charge in [0, 0.05) is 25.0 Å². The summed E-state index contributed by atoms with van der Waals surface area (Å²) < 4.78 is 28.9. The first-order chi connectivity index (χ1) is 14.8. The lowest BCUT2D eigenvalue weighted by molar-refractivity contribution is -0.115. The quantitative estimate of drug-likeness (QED) is 0.527. The molecule has 2 aromatic heterocycles. The second kappa shape index (κ2) is 7.88. The number of anilines is 1. The molecule has 0 bridgehead atoms. The summed E-state index contributed by atoms with van der Waals surface area (Å²) in [5, 5.41) is 4.85. The average molecular weight is 442 g/mol. The molecule has 0 fully saturated rings. The van der Waals surface area contributed by atoms with Crippen molar-refractivity contribution in [3.8, 4) is 11.3 Å². The summed E-state index contributed by atoms with van der Waals surface area (Å²) in [6.07, 6.45) is -0.106. The van der Waals surface area contributed by atoms with E-state index in [0.29, 0.717) is 27.7 Å². The molecule has 2 aromatic carbocycles. The van der Waals surface area contributed by atoms with Crippen LogP contribution < -0.4 is 16.6 Å². The maximum Gasteiger partial charge on any atom is 0.330 e. The normalized spacial score (nSPS) is 11.1. The van der Waals surface area contributed by atoms with Crippen molar-refractivity contribution in [2.24, 2.45) is 14.1 Å². The lowest BCUT2D eigenvalue weighted by atomic mass is 10.1. The van der Waals surface area contributed by atoms with Crippen LogP contribution in [0.15, 0.2) is 51.4 Å². The van der Waals surface area contributed by atoms with Crippen molar-refractivity contribution in [1.29, 1.82) is 0 Å². The van der Waals surface area contributed by atoms with Crippen LogP contribution in [0.1, 0.15) is 5.56 Å². The molecular formula is C21H16F2N4O3S. The Bertz CT molecular complexity index is 1460. The van der Waals surface area contributed by atoms with E-state index in [0.717, 1.165) is 28.0 Å². The minimum atomic E-state index is -0.983. The van der Waals surface area contributed by atoms with Gasteiger partial charge in [-0.05, 0) is 29.8 Å². The van der Waals surface area contributed by atoms with Crippen LogP contribution in [0, 0.1) is 11.6 Å². The molecule has 0 aliphatic heterocycles. The number of carbonyl (C=O) groups excluding carboxylic acids is 1. The molecule has 10 heteroatoms. The molecule has 158 valence electrons. The molecule has 1 N–H and O–H groups in total. The van der Waals surface area contributed by atoms with E-state index >= 15 is 0 Å². The fraction of sp³-hybridized carbons (Fsp3) is 0.143. The lowest BCUT2D eigenvalue weighted by Crippen LogP contribution is -2.37. The standard InChI is InChI=1S/C21H16F2N4O3S/c1-26-16-5-3-4-12(18(16)19(29)27(2)21(26)30)9-17(28)25-20-24-15(10-31-20)11-6-7-13(22)14(23)8-11/h3-8,10H,9H2,1-2H3,(H,24,25,28). The van der Waals surface area contributed by atoms with Crippen LogP contribution >= 0.6 is 11.3 Å². The number of benzene rings is 2. The molecule has 31 heavy (non-hydrogen) atoms. The molecule has 0 unspecified atom stereocenters. The summed E-state index contributed by atoms with van der Waals surface area (Å²) in [5.41, 5.74) is 0.766. The Morgan fingerprint density at radius 3 is 2.61 bits per heavy atom. The maximum absolute atomic E-state index is 13.4. The average Bonchev–Trinajstić information content (AvgIpc) is 3.20. The number of aromatic nitrogens is 3. The monoisotopic (exact) mass is 442 g/mol. The van der Waals surface area contributed by atoms with Crippen molar-refractivity contribution in [1.82, 2.24) is 14.1 Å². The van der Waals surface area contributed by atoms with Gasteiger partial charge in [-0.3, -0.25) is 18.7 Å². The first-order valence-corrected chi connectivity index (χ1v) is 10.0. The number of halogens is 2. The van der Waals surface area contributed by atoms with E-state index in [1.54, 1.807) is 30.6 Å². The number of hydrogen-bond donors (Lipinski definition) is 1. The van der Waals surface area contributed by atoms with Gasteiger partial charge in [-0.25, -0.2) is 18.6 Å². The van der Waals surface area contributed by atoms with Crippen molar-refractivity contribution in [2.75, 3.05) is 5.32 Å². The number of fused-ring (bicyclic) bond motifs is 1. The second-order valence-electron chi connectivity index (χ2n) is 6.91. The van der Waals surface area contributed by atoms with E-state index in [4.69, 9.17) is 0 Å². The number of thiazole rings is 1. The van der Waals surface area contributed by atoms with Crippen LogP contribution in [0.25, 0.3) is 22.2 Å². The number of carbonyl (C=O) groups is 1. The molecule has 0 aliphatic rings. The summed E-state index contributed by atoms with van der Waals surface area (Å²) in [4.78, 5) is 41.6. The van der Waals surface area contributed by atoms with Crippen LogP contribution in [-0.4, -0.2) is 20.0 Å². The van der Waals surface area contributed by atoms with Gasteiger partial charge in [-0.15, -0.1) is 11.3 Å². The highest BCUT2D eigenvalue weighted by molar-refractivity contribution is 7.14. The predicted octanol–water partition coefficient (Wildman–Crippen LogP) is 2.82. The van der Waals surface area contributed by atoms with Crippen molar-refractivity contribution < 1.29 is 13.6 Å². The Morgan fingerprint density at radius 2 is 1.87 bits per heavy atom. The van der Waals surface area contributed by atoms with Gasteiger partial charge in [0.15, 0.2) is 16.8 Å². The predicted molar refractivity (Wildman–Crippen MR) is 114 cm³/mol. The number of rotatable bonds is 4. The summed E-state index contributed by atoms with van der Waals surface area (Å²) >= 11 is 1.14. The minimum Gasteiger partial charge on any atom is -0.302 e. The summed E-state index contributed by atoms with van der Waals surface area (Å²) in [6.45, 7) is 0. The molecule has 0 saturated heterocycles. The number of nitrogens with zero attached hydrogens (tertiary/aromatic N) is 3. The Morgan fingerprint density at radius 1 is 1.10 bits per heavy atom. The molecule has 4 aromatic rings. The van der Waals surface area contributed by atoms with Gasteiger partial charge in [0.2, 0.25) is 5.91 Å². The third kappa shape index (κ3) is 3.77. The SMILES string of the molecule is Cn1c(=O)c2c(CC(=O)Nc3nc(-c4ccc(F)c(F)c4)cs3)cccc2n(C)c1=O. The van der Waals surface area contributed by atoms with Crippen molar-refractivity contribution >= 4 is 33.3 Å². The number of aryl methyl sites for hydroxylation is 1. The summed E-state index contributed by atoms with van der Waals surface area (Å²) in [7, 11) is 2.94. The van der Waals surface area contributed by atoms with Gasteiger partial charge < -0.3 is 5.32 Å². The summed E-state index contributed by atoms with van der Waals surface area (Å²) in [6, 6.07) is 8.42. The van der Waals surface area contributed by atoms with Crippen molar-refractivity contribution in [3.05, 3.63) is 79.8 Å². The highest BCUT2D eigenvalue weighted by atomic mass is 32.1. The van der Waals surface area contributed by atoms with Crippen LogP contribution in [0.3, 0.4) is 0 Å². The Labute approximate surface area is 178 Å². The molecule has 0 atom stereocenters. The molecule has 0 aliphatic carbocycles. The Kier molecular flexibility index (Phi) is 5.24. The molecule has 2 heterocycles. The molecule has 1 amide bonds. The van der Waals surface area contributed by atoms with Gasteiger partial charge in [0.05, 0.1) is 23.0 Å². The van der Waals surface area contributed by atoms with E-state index in [1.165, 1.54) is 17.7 Å². The lowest BCUT2D eigenvalue weighted by Gasteiger charge is -2.10. The fourth-order valence-electron chi connectivity index (χ4n) is 3.30. The fourth-order valence-corrected chi connectivity index (χ4v) is 4.03. The topological polar surface area (TPSA) is 86.0 Å². The molecule has 7 nitrogen and oxygen atoms in total. The molecular weight excluding hydrogens is 426 g/mol. The first-order valence-electron chi connectivity index (χ1n) is 9.14.